The molecule has 0 amide bonds. The molecular weight excluding hydrogens is 278 g/mol. The number of aliphatic carboxylic acids is 1. The van der Waals surface area contributed by atoms with Crippen molar-refractivity contribution in [3.63, 3.8) is 0 Å². The summed E-state index contributed by atoms with van der Waals surface area (Å²) in [6, 6.07) is -1.02. The Bertz CT molecular complexity index is 568. The summed E-state index contributed by atoms with van der Waals surface area (Å²) in [5.74, 6) is -0.872. The molecule has 0 radical (unpaired) electrons. The van der Waals surface area contributed by atoms with Crippen LogP contribution in [-0.2, 0) is 14.8 Å². The zero-order valence-electron chi connectivity index (χ0n) is 9.82. The van der Waals surface area contributed by atoms with E-state index < -0.39 is 27.4 Å². The maximum Gasteiger partial charge on any atom is 0.322 e. The Balaban J connectivity index is 2.46. The molecule has 1 aromatic heterocycles. The number of thioether (sulfide) groups is 1. The smallest absolute Gasteiger partial charge is 0.322 e. The highest BCUT2D eigenvalue weighted by Gasteiger charge is 2.45. The van der Waals surface area contributed by atoms with Crippen LogP contribution in [0, 0.1) is 6.92 Å². The number of carboxylic acids is 1. The Morgan fingerprint density at radius 3 is 2.83 bits per heavy atom. The second kappa shape index (κ2) is 4.56. The average molecular weight is 291 g/mol. The zero-order chi connectivity index (χ0) is 13.5. The van der Waals surface area contributed by atoms with Gasteiger partial charge < -0.3 is 5.11 Å². The van der Waals surface area contributed by atoms with Crippen LogP contribution in [0.2, 0.25) is 0 Å². The quantitative estimate of drug-likeness (QED) is 0.827. The van der Waals surface area contributed by atoms with Crippen molar-refractivity contribution in [3.05, 3.63) is 11.9 Å². The van der Waals surface area contributed by atoms with Gasteiger partial charge in [0.15, 0.2) is 0 Å². The lowest BCUT2D eigenvalue weighted by molar-refractivity contribution is -0.140. The van der Waals surface area contributed by atoms with Crippen molar-refractivity contribution in [3.8, 4) is 0 Å². The van der Waals surface area contributed by atoms with Crippen LogP contribution < -0.4 is 0 Å². The predicted octanol–water partition coefficient (Wildman–Crippen LogP) is 0.255. The summed E-state index contributed by atoms with van der Waals surface area (Å²) >= 11 is 1.31. The first-order chi connectivity index (χ1) is 8.35. The lowest BCUT2D eigenvalue weighted by atomic mass is 10.3. The minimum absolute atomic E-state index is 0.0306. The molecule has 2 heterocycles. The summed E-state index contributed by atoms with van der Waals surface area (Å²) in [5.41, 5.74) is 0.406. The third-order valence-electron chi connectivity index (χ3n) is 2.79. The van der Waals surface area contributed by atoms with Crippen LogP contribution in [0.1, 0.15) is 12.6 Å². The Morgan fingerprint density at radius 2 is 2.33 bits per heavy atom. The molecule has 1 aliphatic heterocycles. The van der Waals surface area contributed by atoms with Crippen LogP contribution in [0.4, 0.5) is 0 Å². The van der Waals surface area contributed by atoms with Crippen LogP contribution in [0.15, 0.2) is 11.1 Å². The number of hydrogen-bond acceptors (Lipinski definition) is 5. The number of nitrogens with zero attached hydrogens (tertiary/aromatic N) is 2. The van der Waals surface area contributed by atoms with Crippen molar-refractivity contribution in [2.24, 2.45) is 0 Å². The van der Waals surface area contributed by atoms with Gasteiger partial charge in [-0.2, -0.15) is 9.40 Å². The minimum atomic E-state index is -3.83. The molecule has 18 heavy (non-hydrogen) atoms. The molecule has 0 aliphatic carbocycles. The highest BCUT2D eigenvalue weighted by atomic mass is 32.2. The third kappa shape index (κ3) is 2.02. The van der Waals surface area contributed by atoms with E-state index in [-0.39, 0.29) is 10.6 Å². The molecule has 2 atom stereocenters. The first-order valence-electron chi connectivity index (χ1n) is 5.23. The lowest BCUT2D eigenvalue weighted by Gasteiger charge is -2.23. The lowest BCUT2D eigenvalue weighted by Crippen LogP contribution is -2.44. The SMILES string of the molecule is Cc1[nH]ncc1S(=O)(=O)N1C(C)SCC1C(=O)O. The fraction of sp³-hybridized carbons (Fsp3) is 0.556. The number of H-pyrrole nitrogens is 1. The van der Waals surface area contributed by atoms with Gasteiger partial charge in [0.05, 0.1) is 17.3 Å². The summed E-state index contributed by atoms with van der Waals surface area (Å²) < 4.78 is 25.9. The van der Waals surface area contributed by atoms with Gasteiger partial charge >= 0.3 is 5.97 Å². The van der Waals surface area contributed by atoms with Gasteiger partial charge in [0.2, 0.25) is 10.0 Å². The number of hydrogen-bond donors (Lipinski definition) is 2. The molecule has 1 saturated heterocycles. The van der Waals surface area contributed by atoms with Crippen LogP contribution >= 0.6 is 11.8 Å². The van der Waals surface area contributed by atoms with Gasteiger partial charge in [0.25, 0.3) is 0 Å². The molecule has 9 heteroatoms. The van der Waals surface area contributed by atoms with Crippen molar-refractivity contribution in [1.29, 1.82) is 0 Å². The maximum atomic E-state index is 12.4. The highest BCUT2D eigenvalue weighted by Crippen LogP contribution is 2.34. The Labute approximate surface area is 109 Å². The normalized spacial score (nSPS) is 25.4. The van der Waals surface area contributed by atoms with E-state index in [9.17, 15) is 13.2 Å². The van der Waals surface area contributed by atoms with Crippen LogP contribution in [0.25, 0.3) is 0 Å². The van der Waals surface area contributed by atoms with Crippen molar-refractivity contribution in [1.82, 2.24) is 14.5 Å². The molecule has 2 rings (SSSR count). The molecule has 1 aromatic rings. The molecule has 100 valence electrons. The molecule has 0 bridgehead atoms. The van der Waals surface area contributed by atoms with E-state index in [4.69, 9.17) is 5.11 Å². The Kier molecular flexibility index (Phi) is 3.39. The van der Waals surface area contributed by atoms with Gasteiger partial charge in [-0.25, -0.2) is 8.42 Å². The van der Waals surface area contributed by atoms with Crippen LogP contribution in [-0.4, -0.2) is 51.2 Å². The zero-order valence-corrected chi connectivity index (χ0v) is 11.5. The number of carbonyl (C=O) groups is 1. The van der Waals surface area contributed by atoms with Crippen molar-refractivity contribution in [2.45, 2.75) is 30.2 Å². The molecule has 7 nitrogen and oxygen atoms in total. The van der Waals surface area contributed by atoms with E-state index in [1.165, 1.54) is 18.0 Å². The summed E-state index contributed by atoms with van der Waals surface area (Å²) in [6.07, 6.45) is 1.21. The fourth-order valence-electron chi connectivity index (χ4n) is 1.89. The molecular formula is C9H13N3O4S2. The Morgan fingerprint density at radius 1 is 1.67 bits per heavy atom. The molecule has 0 saturated carbocycles. The first-order valence-corrected chi connectivity index (χ1v) is 7.72. The monoisotopic (exact) mass is 291 g/mol. The average Bonchev–Trinajstić information content (AvgIpc) is 2.84. The van der Waals surface area contributed by atoms with E-state index in [1.54, 1.807) is 13.8 Å². The largest absolute Gasteiger partial charge is 0.480 e. The van der Waals surface area contributed by atoms with Gasteiger partial charge in [-0.1, -0.05) is 0 Å². The van der Waals surface area contributed by atoms with Gasteiger partial charge in [-0.15, -0.1) is 11.8 Å². The molecule has 1 aliphatic rings. The van der Waals surface area contributed by atoms with E-state index >= 15 is 0 Å². The number of aryl methyl sites for hydroxylation is 1. The second-order valence-electron chi connectivity index (χ2n) is 3.98. The number of sulfonamides is 1. The Hall–Kier alpha value is -1.06. The number of aromatic nitrogens is 2. The minimum Gasteiger partial charge on any atom is -0.480 e. The summed E-state index contributed by atoms with van der Waals surface area (Å²) in [5, 5.41) is 14.9. The fourth-order valence-corrected chi connectivity index (χ4v) is 5.30. The van der Waals surface area contributed by atoms with Crippen molar-refractivity contribution < 1.29 is 18.3 Å². The van der Waals surface area contributed by atoms with E-state index in [0.717, 1.165) is 4.31 Å². The van der Waals surface area contributed by atoms with Crippen molar-refractivity contribution >= 4 is 27.8 Å². The standard InChI is InChI=1S/C9H13N3O4S2/c1-5-8(3-10-11-5)18(15,16)12-6(2)17-4-7(12)9(13)14/h3,6-7H,4H2,1-2H3,(H,10,11)(H,13,14). The highest BCUT2D eigenvalue weighted by molar-refractivity contribution is 8.01. The maximum absolute atomic E-state index is 12.4. The number of carboxylic acid groups (broad SMARTS) is 1. The third-order valence-corrected chi connectivity index (χ3v) is 6.23. The summed E-state index contributed by atoms with van der Waals surface area (Å²) in [7, 11) is -3.83. The van der Waals surface area contributed by atoms with Gasteiger partial charge in [0.1, 0.15) is 10.9 Å². The molecule has 0 aromatic carbocycles. The summed E-state index contributed by atoms with van der Waals surface area (Å²) in [4.78, 5) is 11.1. The van der Waals surface area contributed by atoms with Crippen LogP contribution in [0.5, 0.6) is 0 Å². The topological polar surface area (TPSA) is 103 Å². The molecule has 2 unspecified atom stereocenters. The van der Waals surface area contributed by atoms with Crippen LogP contribution in [0.3, 0.4) is 0 Å². The number of rotatable bonds is 3. The van der Waals surface area contributed by atoms with Gasteiger partial charge in [-0.3, -0.25) is 9.89 Å². The van der Waals surface area contributed by atoms with E-state index in [1.807, 2.05) is 0 Å². The molecule has 2 N–H and O–H groups in total. The molecule has 0 spiro atoms. The van der Waals surface area contributed by atoms with Gasteiger partial charge in [0, 0.05) is 5.75 Å². The second-order valence-corrected chi connectivity index (χ2v) is 7.14. The van der Waals surface area contributed by atoms with Gasteiger partial charge in [-0.05, 0) is 13.8 Å². The first kappa shape index (κ1) is 13.4. The van der Waals surface area contributed by atoms with E-state index in [0.29, 0.717) is 5.69 Å². The van der Waals surface area contributed by atoms with E-state index in [2.05, 4.69) is 10.2 Å². The summed E-state index contributed by atoms with van der Waals surface area (Å²) in [6.45, 7) is 3.27. The molecule has 1 fully saturated rings. The predicted molar refractivity (Wildman–Crippen MR) is 65.7 cm³/mol. The van der Waals surface area contributed by atoms with Crippen molar-refractivity contribution in [2.75, 3.05) is 5.75 Å². The number of aromatic amines is 1. The number of nitrogens with one attached hydrogen (secondary N) is 1.